The summed E-state index contributed by atoms with van der Waals surface area (Å²) in [5.74, 6) is -1.05. The average Bonchev–Trinajstić information content (AvgIpc) is 3.41. The van der Waals surface area contributed by atoms with Gasteiger partial charge in [-0.05, 0) is 135 Å². The number of carbonyl (C=O) groups excluding carboxylic acids is 3. The highest BCUT2D eigenvalue weighted by Crippen LogP contribution is 2.13. The Hall–Kier alpha value is -4.97. The highest BCUT2D eigenvalue weighted by atomic mass is 16.6. The molecule has 0 aromatic heterocycles. The van der Waals surface area contributed by atoms with E-state index in [1.54, 1.807) is 0 Å². The maximum atomic E-state index is 12.9. The van der Waals surface area contributed by atoms with Crippen LogP contribution >= 0.6 is 0 Å². The van der Waals surface area contributed by atoms with Crippen LogP contribution < -0.4 is 0 Å². The van der Waals surface area contributed by atoms with Gasteiger partial charge in [-0.1, -0.05) is 243 Å². The number of unbranched alkanes of at least 4 members (excludes halogenated alkanes) is 15. The van der Waals surface area contributed by atoms with Crippen molar-refractivity contribution in [3.63, 3.8) is 0 Å². The lowest BCUT2D eigenvalue weighted by atomic mass is 10.1. The van der Waals surface area contributed by atoms with Crippen LogP contribution in [-0.2, 0) is 28.6 Å². The molecule has 1 atom stereocenters. The van der Waals surface area contributed by atoms with Crippen molar-refractivity contribution < 1.29 is 28.6 Å². The predicted molar refractivity (Wildman–Crippen MR) is 325 cm³/mol. The summed E-state index contributed by atoms with van der Waals surface area (Å²) in [6, 6.07) is 0. The van der Waals surface area contributed by atoms with Crippen molar-refractivity contribution in [2.75, 3.05) is 13.2 Å². The molecule has 0 aliphatic heterocycles. The molecule has 0 aromatic rings. The fourth-order valence-corrected chi connectivity index (χ4v) is 7.58. The van der Waals surface area contributed by atoms with Gasteiger partial charge < -0.3 is 14.2 Å². The van der Waals surface area contributed by atoms with Gasteiger partial charge in [0, 0.05) is 19.3 Å². The number of rotatable bonds is 52. The molecule has 0 heterocycles. The number of allylic oxidation sites excluding steroid dienone is 26. The van der Waals surface area contributed by atoms with Crippen LogP contribution in [-0.4, -0.2) is 37.2 Å². The van der Waals surface area contributed by atoms with E-state index in [-0.39, 0.29) is 44.0 Å². The summed E-state index contributed by atoms with van der Waals surface area (Å²) in [6.45, 7) is 6.29. The molecule has 0 amide bonds. The minimum Gasteiger partial charge on any atom is -0.462 e. The van der Waals surface area contributed by atoms with E-state index < -0.39 is 6.10 Å². The Morgan fingerprint density at radius 3 is 0.893 bits per heavy atom. The molecular weight excluding hydrogens is 925 g/mol. The first-order valence-electron chi connectivity index (χ1n) is 30.0. The van der Waals surface area contributed by atoms with Gasteiger partial charge in [-0.25, -0.2) is 0 Å². The Morgan fingerprint density at radius 2 is 0.547 bits per heavy atom. The van der Waals surface area contributed by atoms with E-state index in [1.165, 1.54) is 51.4 Å². The van der Waals surface area contributed by atoms with E-state index in [9.17, 15) is 14.4 Å². The summed E-state index contributed by atoms with van der Waals surface area (Å²) in [4.78, 5) is 38.2. The fraction of sp³-hybridized carbons (Fsp3) is 0.580. The molecule has 6 heteroatoms. The van der Waals surface area contributed by atoms with Crippen LogP contribution in [0.25, 0.3) is 0 Å². The molecule has 0 N–H and O–H groups in total. The molecule has 0 aliphatic carbocycles. The maximum Gasteiger partial charge on any atom is 0.306 e. The number of esters is 3. The van der Waals surface area contributed by atoms with E-state index in [4.69, 9.17) is 14.2 Å². The maximum absolute atomic E-state index is 12.9. The second-order valence-electron chi connectivity index (χ2n) is 19.1. The molecule has 0 fully saturated rings. The monoisotopic (exact) mass is 1030 g/mol. The largest absolute Gasteiger partial charge is 0.462 e. The van der Waals surface area contributed by atoms with Gasteiger partial charge in [0.05, 0.1) is 0 Å². The molecule has 0 rings (SSSR count). The van der Waals surface area contributed by atoms with Gasteiger partial charge in [0.1, 0.15) is 13.2 Å². The lowest BCUT2D eigenvalue weighted by Gasteiger charge is -2.18. The van der Waals surface area contributed by atoms with E-state index in [0.29, 0.717) is 12.8 Å². The van der Waals surface area contributed by atoms with Gasteiger partial charge in [0.25, 0.3) is 0 Å². The number of ether oxygens (including phenoxy) is 3. The lowest BCUT2D eigenvalue weighted by Crippen LogP contribution is -2.30. The van der Waals surface area contributed by atoms with Crippen molar-refractivity contribution in [1.29, 1.82) is 0 Å². The molecule has 0 saturated heterocycles. The third-order valence-electron chi connectivity index (χ3n) is 12.0. The number of hydrogen-bond donors (Lipinski definition) is 0. The third kappa shape index (κ3) is 59.8. The normalized spacial score (nSPS) is 13.3. The summed E-state index contributed by atoms with van der Waals surface area (Å²) < 4.78 is 16.8. The SMILES string of the molecule is CC/C=C\C/C=C\C/C=C\C/C=C\C/C=C\C/C=C\CCCCCCC(=O)OCC(COC(=O)CC/C=C\C/C=C\C/C=C\C/C=C\CC)OC(=O)CCCCCCCC/C=C\C/C=C\C/C=C\CCCCCCC. The summed E-state index contributed by atoms with van der Waals surface area (Å²) in [5, 5.41) is 0. The van der Waals surface area contributed by atoms with Crippen LogP contribution in [0.5, 0.6) is 0 Å². The van der Waals surface area contributed by atoms with E-state index in [2.05, 4.69) is 167 Å². The molecule has 1 unspecified atom stereocenters. The molecule has 0 radical (unpaired) electrons. The van der Waals surface area contributed by atoms with Gasteiger partial charge >= 0.3 is 17.9 Å². The highest BCUT2D eigenvalue weighted by molar-refractivity contribution is 5.71. The molecule has 420 valence electrons. The molecule has 0 saturated carbocycles. The van der Waals surface area contributed by atoms with E-state index in [0.717, 1.165) is 141 Å². The van der Waals surface area contributed by atoms with Crippen LogP contribution in [0.3, 0.4) is 0 Å². The zero-order valence-electron chi connectivity index (χ0n) is 48.0. The molecule has 0 aromatic carbocycles. The molecule has 75 heavy (non-hydrogen) atoms. The Morgan fingerprint density at radius 1 is 0.280 bits per heavy atom. The van der Waals surface area contributed by atoms with Crippen LogP contribution in [0, 0.1) is 0 Å². The quantitative estimate of drug-likeness (QED) is 0.0261. The second-order valence-corrected chi connectivity index (χ2v) is 19.1. The van der Waals surface area contributed by atoms with Crippen LogP contribution in [0.4, 0.5) is 0 Å². The highest BCUT2D eigenvalue weighted by Gasteiger charge is 2.19. The third-order valence-corrected chi connectivity index (χ3v) is 12.0. The number of carbonyl (C=O) groups is 3. The molecular formula is C69H108O6. The van der Waals surface area contributed by atoms with Gasteiger partial charge in [0.15, 0.2) is 6.10 Å². The Bertz CT molecular complexity index is 1710. The van der Waals surface area contributed by atoms with E-state index >= 15 is 0 Å². The van der Waals surface area contributed by atoms with E-state index in [1.807, 2.05) is 12.2 Å². The second kappa shape index (κ2) is 61.6. The standard InChI is InChI=1S/C69H108O6/c1-4-7-10-13-16-19-22-25-27-29-31-33-34-36-37-39-41-44-47-50-53-56-59-62-68(71)74-65-66(64-73-67(70)61-58-55-52-49-46-43-24-21-18-15-12-9-6-3)75-69(72)63-60-57-54-51-48-45-42-40-38-35-32-30-28-26-23-20-17-14-11-8-5-2/h7,9-10,12,16,18-19,21,23,25-27,30-33,36-38,40-41,43-44,46,52,55,66H,4-6,8,11,13-15,17,20,22,24,28-29,34-35,39,42,45,47-51,53-54,56-65H2,1-3H3/b10-7-,12-9-,19-16-,21-18-,26-23-,27-25-,32-30-,33-31-,37-36-,40-38-,44-41-,46-43-,55-52-. The van der Waals surface area contributed by atoms with Gasteiger partial charge in [-0.3, -0.25) is 14.4 Å². The first-order chi connectivity index (χ1) is 37.0. The van der Waals surface area contributed by atoms with Gasteiger partial charge in [0.2, 0.25) is 0 Å². The Labute approximate surface area is 460 Å². The van der Waals surface area contributed by atoms with Crippen molar-refractivity contribution in [3.05, 3.63) is 158 Å². The zero-order valence-corrected chi connectivity index (χ0v) is 48.0. The van der Waals surface area contributed by atoms with Gasteiger partial charge in [-0.15, -0.1) is 0 Å². The Balaban J connectivity index is 4.52. The van der Waals surface area contributed by atoms with Crippen LogP contribution in [0.1, 0.15) is 239 Å². The summed E-state index contributed by atoms with van der Waals surface area (Å²) in [5.41, 5.74) is 0. The van der Waals surface area contributed by atoms with Crippen molar-refractivity contribution in [1.82, 2.24) is 0 Å². The zero-order chi connectivity index (χ0) is 54.3. The Kier molecular flexibility index (Phi) is 57.5. The van der Waals surface area contributed by atoms with Crippen molar-refractivity contribution in [3.8, 4) is 0 Å². The molecule has 0 bridgehead atoms. The van der Waals surface area contributed by atoms with Crippen LogP contribution in [0.2, 0.25) is 0 Å². The van der Waals surface area contributed by atoms with Crippen molar-refractivity contribution in [2.45, 2.75) is 245 Å². The first-order valence-corrected chi connectivity index (χ1v) is 30.0. The van der Waals surface area contributed by atoms with Crippen molar-refractivity contribution in [2.24, 2.45) is 0 Å². The van der Waals surface area contributed by atoms with Gasteiger partial charge in [-0.2, -0.15) is 0 Å². The summed E-state index contributed by atoms with van der Waals surface area (Å²) in [7, 11) is 0. The summed E-state index contributed by atoms with van der Waals surface area (Å²) >= 11 is 0. The molecule has 0 aliphatic rings. The summed E-state index contributed by atoms with van der Waals surface area (Å²) in [6.07, 6.45) is 89.6. The topological polar surface area (TPSA) is 78.9 Å². The minimum atomic E-state index is -0.834. The predicted octanol–water partition coefficient (Wildman–Crippen LogP) is 20.5. The fourth-order valence-electron chi connectivity index (χ4n) is 7.58. The van der Waals surface area contributed by atoms with Crippen molar-refractivity contribution >= 4 is 17.9 Å². The smallest absolute Gasteiger partial charge is 0.306 e. The minimum absolute atomic E-state index is 0.126. The lowest BCUT2D eigenvalue weighted by molar-refractivity contribution is -0.166. The van der Waals surface area contributed by atoms with Crippen LogP contribution in [0.15, 0.2) is 158 Å². The average molecular weight is 1030 g/mol. The molecule has 6 nitrogen and oxygen atoms in total. The molecule has 0 spiro atoms. The first kappa shape index (κ1) is 70.0. The number of hydrogen-bond acceptors (Lipinski definition) is 6.